The average molecular weight is 146 g/mol. The van der Waals surface area contributed by atoms with Gasteiger partial charge >= 0.3 is 0 Å². The molecular formula is C6H14N2O2. The minimum absolute atomic E-state index is 0.302. The number of aliphatic hydroxyl groups excluding tert-OH is 1. The molecule has 60 valence electrons. The minimum atomic E-state index is -0.302. The van der Waals surface area contributed by atoms with Crippen molar-refractivity contribution in [2.24, 2.45) is 5.29 Å². The summed E-state index contributed by atoms with van der Waals surface area (Å²) in [7, 11) is 1.59. The van der Waals surface area contributed by atoms with Gasteiger partial charge in [0.2, 0.25) is 0 Å². The maximum Gasteiger partial charge on any atom is 0.0555 e. The number of rotatable bonds is 5. The van der Waals surface area contributed by atoms with Crippen LogP contribution in [0.1, 0.15) is 19.8 Å². The molecule has 0 aliphatic carbocycles. The molecule has 4 nitrogen and oxygen atoms in total. The quantitative estimate of drug-likeness (QED) is 0.460. The minimum Gasteiger partial charge on any atom is -0.393 e. The highest BCUT2D eigenvalue weighted by Gasteiger charge is 2.01. The molecule has 1 N–H and O–H groups in total. The molecule has 1 atom stereocenters. The van der Waals surface area contributed by atoms with E-state index in [-0.39, 0.29) is 6.10 Å². The van der Waals surface area contributed by atoms with Crippen molar-refractivity contribution in [1.29, 1.82) is 0 Å². The topological polar surface area (TPSA) is 52.9 Å². The second-order valence-corrected chi connectivity index (χ2v) is 2.31. The predicted octanol–water partition coefficient (Wildman–Crippen LogP) is 0.761. The number of hydrogen-bond acceptors (Lipinski definition) is 3. The van der Waals surface area contributed by atoms with E-state index in [0.717, 1.165) is 6.42 Å². The zero-order valence-corrected chi connectivity index (χ0v) is 6.45. The molecule has 0 aromatic heterocycles. The Morgan fingerprint density at radius 2 is 2.30 bits per heavy atom. The Hall–Kier alpha value is -0.640. The van der Waals surface area contributed by atoms with Crippen molar-refractivity contribution in [3.8, 4) is 0 Å². The van der Waals surface area contributed by atoms with E-state index in [4.69, 9.17) is 5.11 Å². The smallest absolute Gasteiger partial charge is 0.0555 e. The molecule has 0 rings (SSSR count). The number of hydrogen-bond donors (Lipinski definition) is 1. The highest BCUT2D eigenvalue weighted by Crippen LogP contribution is 1.97. The van der Waals surface area contributed by atoms with Crippen molar-refractivity contribution < 1.29 is 5.11 Å². The van der Waals surface area contributed by atoms with Crippen LogP contribution in [0.4, 0.5) is 0 Å². The van der Waals surface area contributed by atoms with Gasteiger partial charge < -0.3 is 5.11 Å². The van der Waals surface area contributed by atoms with Crippen LogP contribution in [0.3, 0.4) is 0 Å². The van der Waals surface area contributed by atoms with Gasteiger partial charge in [0.1, 0.15) is 0 Å². The summed E-state index contributed by atoms with van der Waals surface area (Å²) in [6, 6.07) is 0. The average Bonchev–Trinajstić information content (AvgIpc) is 1.99. The molecule has 10 heavy (non-hydrogen) atoms. The third-order valence-corrected chi connectivity index (χ3v) is 1.40. The SMILES string of the molecule is CCC(O)CCN(C)N=O. The van der Waals surface area contributed by atoms with Gasteiger partial charge in [0.25, 0.3) is 0 Å². The molecular weight excluding hydrogens is 132 g/mol. The Bertz CT molecular complexity index is 97.7. The first-order chi connectivity index (χ1) is 4.70. The molecule has 0 saturated heterocycles. The van der Waals surface area contributed by atoms with Crippen LogP contribution in [0.15, 0.2) is 5.29 Å². The van der Waals surface area contributed by atoms with Crippen LogP contribution in [-0.4, -0.2) is 29.8 Å². The number of nitroso groups, excluding NO2 is 1. The summed E-state index contributed by atoms with van der Waals surface area (Å²) in [4.78, 5) is 9.80. The van der Waals surface area contributed by atoms with Crippen LogP contribution >= 0.6 is 0 Å². The molecule has 0 radical (unpaired) electrons. The molecule has 4 heteroatoms. The summed E-state index contributed by atoms with van der Waals surface area (Å²) in [6.07, 6.45) is 1.04. The fraction of sp³-hybridized carbons (Fsp3) is 1.00. The number of nitrogens with zero attached hydrogens (tertiary/aromatic N) is 2. The molecule has 0 fully saturated rings. The molecule has 0 amide bonds. The normalized spacial score (nSPS) is 12.7. The molecule has 1 unspecified atom stereocenters. The van der Waals surface area contributed by atoms with Crippen molar-refractivity contribution in [3.63, 3.8) is 0 Å². The summed E-state index contributed by atoms with van der Waals surface area (Å²) in [5.41, 5.74) is 0. The Labute approximate surface area is 60.8 Å². The molecule has 0 heterocycles. The largest absolute Gasteiger partial charge is 0.393 e. The van der Waals surface area contributed by atoms with Crippen LogP contribution in [0, 0.1) is 4.91 Å². The maximum atomic E-state index is 9.80. The summed E-state index contributed by atoms with van der Waals surface area (Å²) < 4.78 is 0. The van der Waals surface area contributed by atoms with Gasteiger partial charge in [-0.05, 0) is 12.8 Å². The first-order valence-electron chi connectivity index (χ1n) is 3.43. The van der Waals surface area contributed by atoms with E-state index in [0.29, 0.717) is 13.0 Å². The lowest BCUT2D eigenvalue weighted by Gasteiger charge is -2.10. The van der Waals surface area contributed by atoms with E-state index < -0.39 is 0 Å². The first-order valence-corrected chi connectivity index (χ1v) is 3.43. The maximum absolute atomic E-state index is 9.80. The Morgan fingerprint density at radius 1 is 1.70 bits per heavy atom. The standard InChI is InChI=1S/C6H14N2O2/c1-3-6(9)4-5-8(2)7-10/h6,9H,3-5H2,1-2H3. The second kappa shape index (κ2) is 5.17. The molecule has 0 aromatic carbocycles. The fourth-order valence-corrected chi connectivity index (χ4v) is 0.581. The van der Waals surface area contributed by atoms with Gasteiger partial charge in [0.05, 0.1) is 11.4 Å². The van der Waals surface area contributed by atoms with Crippen molar-refractivity contribution in [2.45, 2.75) is 25.9 Å². The van der Waals surface area contributed by atoms with Gasteiger partial charge in [-0.2, -0.15) is 0 Å². The fourth-order valence-electron chi connectivity index (χ4n) is 0.581. The molecule has 0 aromatic rings. The van der Waals surface area contributed by atoms with E-state index in [2.05, 4.69) is 5.29 Å². The second-order valence-electron chi connectivity index (χ2n) is 2.31. The van der Waals surface area contributed by atoms with Gasteiger partial charge in [-0.25, -0.2) is 0 Å². The van der Waals surface area contributed by atoms with Crippen molar-refractivity contribution in [3.05, 3.63) is 4.91 Å². The monoisotopic (exact) mass is 146 g/mol. The molecule has 0 aliphatic heterocycles. The van der Waals surface area contributed by atoms with Gasteiger partial charge in [-0.15, -0.1) is 4.91 Å². The van der Waals surface area contributed by atoms with Crippen LogP contribution in [-0.2, 0) is 0 Å². The lowest BCUT2D eigenvalue weighted by Crippen LogP contribution is -2.17. The summed E-state index contributed by atoms with van der Waals surface area (Å²) >= 11 is 0. The van der Waals surface area contributed by atoms with E-state index in [1.807, 2.05) is 6.92 Å². The van der Waals surface area contributed by atoms with E-state index >= 15 is 0 Å². The molecule has 0 aliphatic rings. The summed E-state index contributed by atoms with van der Waals surface area (Å²) in [5, 5.41) is 13.0. The third-order valence-electron chi connectivity index (χ3n) is 1.40. The van der Waals surface area contributed by atoms with E-state index in [9.17, 15) is 4.91 Å². The predicted molar refractivity (Wildman–Crippen MR) is 39.3 cm³/mol. The molecule has 0 spiro atoms. The highest BCUT2D eigenvalue weighted by atomic mass is 16.3. The van der Waals surface area contributed by atoms with Crippen LogP contribution < -0.4 is 0 Å². The Balaban J connectivity index is 3.25. The summed E-state index contributed by atoms with van der Waals surface area (Å²) in [5.74, 6) is 0. The summed E-state index contributed by atoms with van der Waals surface area (Å²) in [6.45, 7) is 2.43. The lowest BCUT2D eigenvalue weighted by atomic mass is 10.2. The number of aliphatic hydroxyl groups is 1. The first kappa shape index (κ1) is 9.36. The van der Waals surface area contributed by atoms with Gasteiger partial charge in [0, 0.05) is 13.6 Å². The van der Waals surface area contributed by atoms with Crippen molar-refractivity contribution in [2.75, 3.05) is 13.6 Å². The zero-order valence-electron chi connectivity index (χ0n) is 6.45. The zero-order chi connectivity index (χ0) is 7.98. The van der Waals surface area contributed by atoms with E-state index in [1.165, 1.54) is 5.01 Å². The van der Waals surface area contributed by atoms with Gasteiger partial charge in [-0.3, -0.25) is 5.01 Å². The Kier molecular flexibility index (Phi) is 4.84. The van der Waals surface area contributed by atoms with Gasteiger partial charge in [-0.1, -0.05) is 6.92 Å². The van der Waals surface area contributed by atoms with Crippen LogP contribution in [0.5, 0.6) is 0 Å². The van der Waals surface area contributed by atoms with Crippen LogP contribution in [0.2, 0.25) is 0 Å². The Morgan fingerprint density at radius 3 is 2.70 bits per heavy atom. The van der Waals surface area contributed by atoms with E-state index in [1.54, 1.807) is 7.05 Å². The molecule has 0 saturated carbocycles. The lowest BCUT2D eigenvalue weighted by molar-refractivity contribution is 0.144. The van der Waals surface area contributed by atoms with Crippen molar-refractivity contribution >= 4 is 0 Å². The van der Waals surface area contributed by atoms with Crippen LogP contribution in [0.25, 0.3) is 0 Å². The third kappa shape index (κ3) is 4.26. The van der Waals surface area contributed by atoms with Crippen molar-refractivity contribution in [1.82, 2.24) is 5.01 Å². The molecule has 0 bridgehead atoms. The van der Waals surface area contributed by atoms with Gasteiger partial charge in [0.15, 0.2) is 0 Å². The highest BCUT2D eigenvalue weighted by molar-refractivity contribution is 4.54.